The van der Waals surface area contributed by atoms with Crippen LogP contribution in [0.2, 0.25) is 0 Å². The molecule has 0 heterocycles. The molecule has 13 heavy (non-hydrogen) atoms. The molecule has 3 atom stereocenters. The van der Waals surface area contributed by atoms with Gasteiger partial charge < -0.3 is 5.32 Å². The molecule has 0 radical (unpaired) electrons. The normalized spacial score (nSPS) is 33.9. The van der Waals surface area contributed by atoms with Gasteiger partial charge in [0.05, 0.1) is 0 Å². The highest BCUT2D eigenvalue weighted by molar-refractivity contribution is 14.1. The van der Waals surface area contributed by atoms with Gasteiger partial charge in [-0.1, -0.05) is 42.9 Å². The van der Waals surface area contributed by atoms with E-state index < -0.39 is 0 Å². The minimum absolute atomic E-state index is 0.941. The van der Waals surface area contributed by atoms with E-state index in [4.69, 9.17) is 0 Å². The van der Waals surface area contributed by atoms with Crippen molar-refractivity contribution in [3.63, 3.8) is 0 Å². The summed E-state index contributed by atoms with van der Waals surface area (Å²) in [5.41, 5.74) is 0. The maximum Gasteiger partial charge on any atom is 0.0116 e. The van der Waals surface area contributed by atoms with Crippen LogP contribution >= 0.6 is 22.6 Å². The van der Waals surface area contributed by atoms with Gasteiger partial charge in [-0.05, 0) is 44.2 Å². The number of halogens is 1. The summed E-state index contributed by atoms with van der Waals surface area (Å²) in [6.07, 6.45) is 5.53. The number of rotatable bonds is 5. The lowest BCUT2D eigenvalue weighted by atomic mass is 9.94. The largest absolute Gasteiger partial charge is 0.316 e. The second-order valence-corrected chi connectivity index (χ2v) is 5.96. The molecular formula is C11H22IN. The Kier molecular flexibility index (Phi) is 5.63. The van der Waals surface area contributed by atoms with Crippen molar-refractivity contribution in [3.05, 3.63) is 0 Å². The fraction of sp³-hybridized carbons (Fsp3) is 1.00. The molecule has 1 saturated carbocycles. The average molecular weight is 295 g/mol. The standard InChI is InChI=1S/C11H22IN/c1-3-5-13-8-10-7-11(12)6-9(10)4-2/h9-11,13H,3-8H2,1-2H3. The summed E-state index contributed by atoms with van der Waals surface area (Å²) in [5.74, 6) is 1.95. The monoisotopic (exact) mass is 295 g/mol. The molecule has 3 unspecified atom stereocenters. The third kappa shape index (κ3) is 3.74. The number of nitrogens with one attached hydrogen (secondary N) is 1. The van der Waals surface area contributed by atoms with Crippen LogP contribution < -0.4 is 5.32 Å². The van der Waals surface area contributed by atoms with E-state index in [1.54, 1.807) is 0 Å². The van der Waals surface area contributed by atoms with Crippen LogP contribution in [0.5, 0.6) is 0 Å². The van der Waals surface area contributed by atoms with Gasteiger partial charge in [-0.25, -0.2) is 0 Å². The Balaban J connectivity index is 2.23. The summed E-state index contributed by atoms with van der Waals surface area (Å²) >= 11 is 2.62. The van der Waals surface area contributed by atoms with Gasteiger partial charge in [0.15, 0.2) is 0 Å². The van der Waals surface area contributed by atoms with Crippen LogP contribution in [0.3, 0.4) is 0 Å². The van der Waals surface area contributed by atoms with Gasteiger partial charge in [-0.3, -0.25) is 0 Å². The zero-order valence-corrected chi connectivity index (χ0v) is 11.0. The predicted octanol–water partition coefficient (Wildman–Crippen LogP) is 3.23. The lowest BCUT2D eigenvalue weighted by molar-refractivity contribution is 0.358. The minimum Gasteiger partial charge on any atom is -0.316 e. The molecule has 2 heteroatoms. The molecule has 0 aromatic carbocycles. The zero-order valence-electron chi connectivity index (χ0n) is 8.85. The van der Waals surface area contributed by atoms with Gasteiger partial charge >= 0.3 is 0 Å². The molecule has 1 aliphatic rings. The van der Waals surface area contributed by atoms with Crippen LogP contribution in [0.15, 0.2) is 0 Å². The maximum atomic E-state index is 3.56. The van der Waals surface area contributed by atoms with Crippen LogP contribution in [-0.4, -0.2) is 17.0 Å². The molecule has 0 amide bonds. The van der Waals surface area contributed by atoms with Crippen LogP contribution in [-0.2, 0) is 0 Å². The topological polar surface area (TPSA) is 12.0 Å². The van der Waals surface area contributed by atoms with E-state index in [1.165, 1.54) is 38.8 Å². The lowest BCUT2D eigenvalue weighted by Gasteiger charge is -2.17. The molecule has 1 nitrogen and oxygen atoms in total. The first kappa shape index (κ1) is 11.8. The molecule has 0 aromatic heterocycles. The summed E-state index contributed by atoms with van der Waals surface area (Å²) < 4.78 is 0.941. The fourth-order valence-corrected chi connectivity index (χ4v) is 3.66. The van der Waals surface area contributed by atoms with E-state index in [2.05, 4.69) is 41.8 Å². The molecule has 78 valence electrons. The Morgan fingerprint density at radius 3 is 2.54 bits per heavy atom. The van der Waals surface area contributed by atoms with Gasteiger partial charge in [-0.2, -0.15) is 0 Å². The van der Waals surface area contributed by atoms with Crippen molar-refractivity contribution >= 4 is 22.6 Å². The van der Waals surface area contributed by atoms with Crippen molar-refractivity contribution in [3.8, 4) is 0 Å². The van der Waals surface area contributed by atoms with E-state index in [9.17, 15) is 0 Å². The molecule has 1 N–H and O–H groups in total. The van der Waals surface area contributed by atoms with Crippen LogP contribution in [0, 0.1) is 11.8 Å². The molecule has 0 aliphatic heterocycles. The quantitative estimate of drug-likeness (QED) is 0.466. The smallest absolute Gasteiger partial charge is 0.0116 e. The molecular weight excluding hydrogens is 273 g/mol. The molecule has 0 aromatic rings. The third-order valence-corrected chi connectivity index (χ3v) is 4.16. The molecule has 1 rings (SSSR count). The van der Waals surface area contributed by atoms with E-state index in [0.717, 1.165) is 15.8 Å². The molecule has 0 bridgehead atoms. The lowest BCUT2D eigenvalue weighted by Crippen LogP contribution is -2.25. The van der Waals surface area contributed by atoms with Crippen LogP contribution in [0.25, 0.3) is 0 Å². The molecule has 1 aliphatic carbocycles. The van der Waals surface area contributed by atoms with Gasteiger partial charge in [0.1, 0.15) is 0 Å². The highest BCUT2D eigenvalue weighted by Crippen LogP contribution is 2.37. The van der Waals surface area contributed by atoms with E-state index in [1.807, 2.05) is 0 Å². The maximum absolute atomic E-state index is 3.56. The Morgan fingerprint density at radius 1 is 1.23 bits per heavy atom. The molecule has 0 spiro atoms. The highest BCUT2D eigenvalue weighted by Gasteiger charge is 2.30. The first-order valence-corrected chi connectivity index (χ1v) is 6.87. The van der Waals surface area contributed by atoms with Crippen LogP contribution in [0.1, 0.15) is 39.5 Å². The van der Waals surface area contributed by atoms with Crippen molar-refractivity contribution in [2.75, 3.05) is 13.1 Å². The van der Waals surface area contributed by atoms with Gasteiger partial charge in [0, 0.05) is 3.92 Å². The Morgan fingerprint density at radius 2 is 1.92 bits per heavy atom. The van der Waals surface area contributed by atoms with Crippen molar-refractivity contribution in [2.45, 2.75) is 43.5 Å². The first-order valence-electron chi connectivity index (χ1n) is 5.62. The van der Waals surface area contributed by atoms with Crippen molar-refractivity contribution in [1.29, 1.82) is 0 Å². The zero-order chi connectivity index (χ0) is 9.68. The summed E-state index contributed by atoms with van der Waals surface area (Å²) in [7, 11) is 0. The SMILES string of the molecule is CCCNCC1CC(I)CC1CC. The van der Waals surface area contributed by atoms with E-state index >= 15 is 0 Å². The van der Waals surface area contributed by atoms with Gasteiger partial charge in [0.25, 0.3) is 0 Å². The summed E-state index contributed by atoms with van der Waals surface area (Å²) in [6, 6.07) is 0. The van der Waals surface area contributed by atoms with E-state index in [-0.39, 0.29) is 0 Å². The minimum atomic E-state index is 0.941. The van der Waals surface area contributed by atoms with Crippen molar-refractivity contribution in [2.24, 2.45) is 11.8 Å². The fourth-order valence-electron chi connectivity index (χ4n) is 2.35. The Labute approximate surface area is 96.2 Å². The summed E-state index contributed by atoms with van der Waals surface area (Å²) in [4.78, 5) is 0. The second-order valence-electron chi connectivity index (χ2n) is 4.20. The summed E-state index contributed by atoms with van der Waals surface area (Å²) in [5, 5.41) is 3.56. The Bertz CT molecular complexity index is 138. The Hall–Kier alpha value is 0.690. The average Bonchev–Trinajstić information content (AvgIpc) is 2.47. The summed E-state index contributed by atoms with van der Waals surface area (Å²) in [6.45, 7) is 7.02. The van der Waals surface area contributed by atoms with Gasteiger partial charge in [-0.15, -0.1) is 0 Å². The van der Waals surface area contributed by atoms with Crippen LogP contribution in [0.4, 0.5) is 0 Å². The number of alkyl halides is 1. The second kappa shape index (κ2) is 6.23. The third-order valence-electron chi connectivity index (χ3n) is 3.14. The number of hydrogen-bond acceptors (Lipinski definition) is 1. The van der Waals surface area contributed by atoms with E-state index in [0.29, 0.717) is 0 Å². The molecule has 0 saturated heterocycles. The first-order chi connectivity index (χ1) is 6.27. The van der Waals surface area contributed by atoms with Gasteiger partial charge in [0.2, 0.25) is 0 Å². The molecule has 1 fully saturated rings. The predicted molar refractivity (Wildman–Crippen MR) is 67.5 cm³/mol. The highest BCUT2D eigenvalue weighted by atomic mass is 127. The van der Waals surface area contributed by atoms with Crippen molar-refractivity contribution in [1.82, 2.24) is 5.32 Å². The van der Waals surface area contributed by atoms with Crippen molar-refractivity contribution < 1.29 is 0 Å². The number of hydrogen-bond donors (Lipinski definition) is 1.